The Morgan fingerprint density at radius 2 is 1.80 bits per heavy atom. The Balaban J connectivity index is 1.30. The summed E-state index contributed by atoms with van der Waals surface area (Å²) >= 11 is 0. The maximum absolute atomic E-state index is 12.1. The number of carbonyl (C=O) groups is 1. The molecule has 1 aliphatic carbocycles. The Hall–Kier alpha value is -1.69. The van der Waals surface area contributed by atoms with Crippen LogP contribution in [-0.4, -0.2) is 58.2 Å². The molecule has 1 amide bonds. The van der Waals surface area contributed by atoms with Crippen LogP contribution < -0.4 is 5.56 Å². The third kappa shape index (κ3) is 3.78. The lowest BCUT2D eigenvalue weighted by Gasteiger charge is -2.34. The predicted molar refractivity (Wildman–Crippen MR) is 95.4 cm³/mol. The van der Waals surface area contributed by atoms with Gasteiger partial charge in [0.05, 0.1) is 5.69 Å². The number of carbonyl (C=O) groups excluding carboxylic acids is 1. The molecule has 4 rings (SSSR count). The van der Waals surface area contributed by atoms with Crippen LogP contribution in [0.4, 0.5) is 0 Å². The molecular formula is C19H28N4O2. The van der Waals surface area contributed by atoms with Crippen molar-refractivity contribution in [3.63, 3.8) is 0 Å². The Morgan fingerprint density at radius 1 is 1.04 bits per heavy atom. The average molecular weight is 344 g/mol. The fraction of sp³-hybridized carbons (Fsp3) is 0.737. The minimum Gasteiger partial charge on any atom is -0.341 e. The highest BCUT2D eigenvalue weighted by atomic mass is 16.2. The van der Waals surface area contributed by atoms with Crippen molar-refractivity contribution >= 4 is 5.91 Å². The number of rotatable bonds is 5. The number of nitrogens with zero attached hydrogens (tertiary/aromatic N) is 4. The second kappa shape index (κ2) is 6.90. The van der Waals surface area contributed by atoms with Gasteiger partial charge in [-0.05, 0) is 57.2 Å². The van der Waals surface area contributed by atoms with Crippen LogP contribution in [0.5, 0.6) is 0 Å². The fourth-order valence-electron chi connectivity index (χ4n) is 4.16. The van der Waals surface area contributed by atoms with E-state index in [4.69, 9.17) is 0 Å². The van der Waals surface area contributed by atoms with E-state index in [0.717, 1.165) is 51.1 Å². The van der Waals surface area contributed by atoms with E-state index in [2.05, 4.69) is 10.00 Å². The average Bonchev–Trinajstić information content (AvgIpc) is 3.41. The van der Waals surface area contributed by atoms with Gasteiger partial charge >= 0.3 is 0 Å². The molecule has 1 aromatic heterocycles. The first-order chi connectivity index (χ1) is 12.1. The van der Waals surface area contributed by atoms with Crippen LogP contribution in [0.3, 0.4) is 0 Å². The molecule has 1 unspecified atom stereocenters. The molecule has 25 heavy (non-hydrogen) atoms. The molecule has 1 atom stereocenters. The number of piperidine rings is 1. The summed E-state index contributed by atoms with van der Waals surface area (Å²) in [4.78, 5) is 28.2. The molecule has 3 fully saturated rings. The normalized spacial score (nSPS) is 25.7. The van der Waals surface area contributed by atoms with Crippen LogP contribution in [0.25, 0.3) is 0 Å². The van der Waals surface area contributed by atoms with Crippen molar-refractivity contribution < 1.29 is 4.79 Å². The van der Waals surface area contributed by atoms with E-state index < -0.39 is 0 Å². The number of hydrogen-bond donors (Lipinski definition) is 0. The first kappa shape index (κ1) is 16.8. The molecule has 0 radical (unpaired) electrons. The van der Waals surface area contributed by atoms with Gasteiger partial charge in [0.2, 0.25) is 5.91 Å². The molecular weight excluding hydrogens is 316 g/mol. The summed E-state index contributed by atoms with van der Waals surface area (Å²) < 4.78 is 1.69. The van der Waals surface area contributed by atoms with Crippen LogP contribution in [0.2, 0.25) is 0 Å². The molecule has 0 bridgehead atoms. The molecule has 0 aromatic carbocycles. The smallest absolute Gasteiger partial charge is 0.266 e. The van der Waals surface area contributed by atoms with Gasteiger partial charge in [-0.15, -0.1) is 0 Å². The van der Waals surface area contributed by atoms with Gasteiger partial charge in [-0.3, -0.25) is 9.59 Å². The molecule has 1 saturated carbocycles. The molecule has 2 saturated heterocycles. The van der Waals surface area contributed by atoms with Gasteiger partial charge in [0, 0.05) is 44.6 Å². The zero-order chi connectivity index (χ0) is 17.4. The van der Waals surface area contributed by atoms with Crippen LogP contribution >= 0.6 is 0 Å². The minimum absolute atomic E-state index is 0.0259. The highest BCUT2D eigenvalue weighted by molar-refractivity contribution is 5.78. The summed E-state index contributed by atoms with van der Waals surface area (Å²) in [5.74, 6) is 1.39. The molecule has 3 heterocycles. The summed E-state index contributed by atoms with van der Waals surface area (Å²) in [6, 6.07) is 3.96. The van der Waals surface area contributed by atoms with Crippen molar-refractivity contribution in [2.45, 2.75) is 57.0 Å². The zero-order valence-electron chi connectivity index (χ0n) is 15.1. The minimum atomic E-state index is 0.0259. The van der Waals surface area contributed by atoms with E-state index in [-0.39, 0.29) is 11.5 Å². The van der Waals surface area contributed by atoms with E-state index in [0.29, 0.717) is 24.3 Å². The quantitative estimate of drug-likeness (QED) is 0.811. The first-order valence-electron chi connectivity index (χ1n) is 9.66. The second-order valence-electron chi connectivity index (χ2n) is 7.99. The van der Waals surface area contributed by atoms with Crippen molar-refractivity contribution in [2.24, 2.45) is 5.92 Å². The third-order valence-corrected chi connectivity index (χ3v) is 6.12. The van der Waals surface area contributed by atoms with Crippen molar-refractivity contribution in [3.8, 4) is 0 Å². The molecule has 6 heteroatoms. The van der Waals surface area contributed by atoms with Crippen LogP contribution in [-0.2, 0) is 11.3 Å². The number of aromatic nitrogens is 2. The lowest BCUT2D eigenvalue weighted by atomic mass is 9.96. The van der Waals surface area contributed by atoms with E-state index >= 15 is 0 Å². The van der Waals surface area contributed by atoms with Gasteiger partial charge in [-0.2, -0.15) is 5.10 Å². The summed E-state index contributed by atoms with van der Waals surface area (Å²) in [5, 5.41) is 4.60. The van der Waals surface area contributed by atoms with Gasteiger partial charge in [0.25, 0.3) is 5.56 Å². The number of likely N-dealkylation sites (tertiary alicyclic amines) is 2. The summed E-state index contributed by atoms with van der Waals surface area (Å²) in [6.07, 6.45) is 6.31. The Labute approximate surface area is 148 Å². The van der Waals surface area contributed by atoms with E-state index in [9.17, 15) is 9.59 Å². The SMILES string of the molecule is CN1C(=O)CCC1CN1CCC(Cn2nc(C3CC3)ccc2=O)CC1. The molecule has 3 aliphatic rings. The van der Waals surface area contributed by atoms with Gasteiger partial charge < -0.3 is 9.80 Å². The standard InChI is InChI=1S/C19H28N4O2/c1-21-16(4-6-18(21)24)13-22-10-8-14(9-11-22)12-23-19(25)7-5-17(20-23)15-2-3-15/h5,7,14-16H,2-4,6,8-13H2,1H3. The first-order valence-corrected chi connectivity index (χ1v) is 9.66. The van der Waals surface area contributed by atoms with Gasteiger partial charge in [0.15, 0.2) is 0 Å². The Morgan fingerprint density at radius 3 is 2.44 bits per heavy atom. The van der Waals surface area contributed by atoms with Crippen molar-refractivity contribution in [1.82, 2.24) is 19.6 Å². The maximum atomic E-state index is 12.1. The van der Waals surface area contributed by atoms with Gasteiger partial charge in [-0.1, -0.05) is 0 Å². The van der Waals surface area contributed by atoms with E-state index in [1.165, 1.54) is 12.8 Å². The number of amides is 1. The summed E-state index contributed by atoms with van der Waals surface area (Å²) in [5.41, 5.74) is 1.11. The van der Waals surface area contributed by atoms with Crippen LogP contribution in [0, 0.1) is 5.92 Å². The van der Waals surface area contributed by atoms with E-state index in [1.54, 1.807) is 10.7 Å². The third-order valence-electron chi connectivity index (χ3n) is 6.12. The highest BCUT2D eigenvalue weighted by Crippen LogP contribution is 2.38. The second-order valence-corrected chi connectivity index (χ2v) is 7.99. The van der Waals surface area contributed by atoms with Crippen molar-refractivity contribution in [2.75, 3.05) is 26.7 Å². The zero-order valence-corrected chi connectivity index (χ0v) is 15.1. The number of hydrogen-bond acceptors (Lipinski definition) is 4. The Bertz CT molecular complexity index is 689. The lowest BCUT2D eigenvalue weighted by Crippen LogP contribution is -2.44. The largest absolute Gasteiger partial charge is 0.341 e. The molecule has 6 nitrogen and oxygen atoms in total. The van der Waals surface area contributed by atoms with Crippen molar-refractivity contribution in [3.05, 3.63) is 28.2 Å². The molecule has 0 N–H and O–H groups in total. The maximum Gasteiger partial charge on any atom is 0.266 e. The molecule has 136 valence electrons. The molecule has 1 aromatic rings. The lowest BCUT2D eigenvalue weighted by molar-refractivity contribution is -0.127. The fourth-order valence-corrected chi connectivity index (χ4v) is 4.16. The highest BCUT2D eigenvalue weighted by Gasteiger charge is 2.31. The summed E-state index contributed by atoms with van der Waals surface area (Å²) in [7, 11) is 1.93. The predicted octanol–water partition coefficient (Wildman–Crippen LogP) is 1.45. The topological polar surface area (TPSA) is 58.4 Å². The Kier molecular flexibility index (Phi) is 4.63. The summed E-state index contributed by atoms with van der Waals surface area (Å²) in [6.45, 7) is 3.85. The van der Waals surface area contributed by atoms with Crippen LogP contribution in [0.15, 0.2) is 16.9 Å². The van der Waals surface area contributed by atoms with E-state index in [1.807, 2.05) is 18.0 Å². The molecule has 0 spiro atoms. The molecule has 2 aliphatic heterocycles. The number of likely N-dealkylation sites (N-methyl/N-ethyl adjacent to an activating group) is 1. The van der Waals surface area contributed by atoms with Crippen LogP contribution in [0.1, 0.15) is 50.1 Å². The van der Waals surface area contributed by atoms with Gasteiger partial charge in [-0.25, -0.2) is 4.68 Å². The van der Waals surface area contributed by atoms with Gasteiger partial charge in [0.1, 0.15) is 0 Å². The van der Waals surface area contributed by atoms with Crippen molar-refractivity contribution in [1.29, 1.82) is 0 Å². The monoisotopic (exact) mass is 344 g/mol.